The number of amides is 1. The van der Waals surface area contributed by atoms with Crippen LogP contribution in [0.2, 0.25) is 0 Å². The van der Waals surface area contributed by atoms with E-state index in [1.807, 2.05) is 0 Å². The summed E-state index contributed by atoms with van der Waals surface area (Å²) >= 11 is 0. The Labute approximate surface area is 118 Å². The molecule has 0 bridgehead atoms. The van der Waals surface area contributed by atoms with Gasteiger partial charge in [0.15, 0.2) is 5.69 Å². The third-order valence-electron chi connectivity index (χ3n) is 2.41. The molecule has 7 nitrogen and oxygen atoms in total. The summed E-state index contributed by atoms with van der Waals surface area (Å²) in [5, 5.41) is 17.4. The number of alkyl halides is 3. The number of halogens is 3. The van der Waals surface area contributed by atoms with E-state index in [0.717, 1.165) is 0 Å². The normalized spacial score (nSPS) is 13.9. The molecular weight excluding hydrogens is 293 g/mol. The van der Waals surface area contributed by atoms with Gasteiger partial charge in [-0.1, -0.05) is 5.21 Å². The van der Waals surface area contributed by atoms with E-state index >= 15 is 0 Å². The average Bonchev–Trinajstić information content (AvgIpc) is 2.69. The van der Waals surface area contributed by atoms with Gasteiger partial charge < -0.3 is 10.4 Å². The summed E-state index contributed by atoms with van der Waals surface area (Å²) in [6.07, 6.45) is -4.99. The number of hydrogen-bond donors (Lipinski definition) is 2. The van der Waals surface area contributed by atoms with E-state index in [1.165, 1.54) is 6.92 Å². The van der Waals surface area contributed by atoms with Crippen LogP contribution in [0.4, 0.5) is 13.2 Å². The fourth-order valence-electron chi connectivity index (χ4n) is 1.56. The van der Waals surface area contributed by atoms with Crippen LogP contribution in [0.1, 0.15) is 49.9 Å². The number of aromatic carboxylic acids is 1. The summed E-state index contributed by atoms with van der Waals surface area (Å²) in [4.78, 5) is 22.7. The molecule has 0 aliphatic carbocycles. The Morgan fingerprint density at radius 1 is 1.29 bits per heavy atom. The number of carboxylic acid groups (broad SMARTS) is 1. The molecule has 2 N–H and O–H groups in total. The minimum Gasteiger partial charge on any atom is -0.476 e. The van der Waals surface area contributed by atoms with Crippen molar-refractivity contribution >= 4 is 11.9 Å². The van der Waals surface area contributed by atoms with Gasteiger partial charge in [0.25, 0.3) is 0 Å². The maximum atomic E-state index is 13.0. The largest absolute Gasteiger partial charge is 0.476 e. The van der Waals surface area contributed by atoms with E-state index in [-0.39, 0.29) is 4.68 Å². The topological polar surface area (TPSA) is 97.1 Å². The van der Waals surface area contributed by atoms with Gasteiger partial charge in [-0.2, -0.15) is 13.2 Å². The van der Waals surface area contributed by atoms with Crippen LogP contribution < -0.4 is 5.32 Å². The Balaban J connectivity index is 3.25. The summed E-state index contributed by atoms with van der Waals surface area (Å²) in [5.74, 6) is -2.59. The second kappa shape index (κ2) is 5.34. The van der Waals surface area contributed by atoms with Crippen molar-refractivity contribution in [3.8, 4) is 0 Å². The highest BCUT2D eigenvalue weighted by molar-refractivity contribution is 5.87. The maximum absolute atomic E-state index is 13.0. The van der Waals surface area contributed by atoms with Crippen LogP contribution >= 0.6 is 0 Å². The molecule has 0 fully saturated rings. The lowest BCUT2D eigenvalue weighted by molar-refractivity contribution is -0.146. The van der Waals surface area contributed by atoms with Gasteiger partial charge in [-0.3, -0.25) is 4.79 Å². The van der Waals surface area contributed by atoms with Crippen molar-refractivity contribution in [2.24, 2.45) is 0 Å². The number of rotatable bonds is 3. The molecule has 0 aliphatic rings. The fourth-order valence-corrected chi connectivity index (χ4v) is 1.56. The third-order valence-corrected chi connectivity index (χ3v) is 2.41. The van der Waals surface area contributed by atoms with Crippen molar-refractivity contribution in [1.29, 1.82) is 0 Å². The molecule has 0 aromatic carbocycles. The van der Waals surface area contributed by atoms with Gasteiger partial charge >= 0.3 is 12.1 Å². The van der Waals surface area contributed by atoms with E-state index in [1.54, 1.807) is 20.8 Å². The standard InChI is InChI=1S/C11H15F3N4O3/c1-5(8(19)15-10(2,3)4)18-7(11(12,13)14)6(9(20)21)16-17-18/h5H,1-4H3,(H,15,19)(H,20,21). The minimum absolute atomic E-state index is 0.268. The first-order valence-corrected chi connectivity index (χ1v) is 5.92. The number of carboxylic acids is 1. The fraction of sp³-hybridized carbons (Fsp3) is 0.636. The zero-order valence-electron chi connectivity index (χ0n) is 11.8. The van der Waals surface area contributed by atoms with Crippen molar-refractivity contribution < 1.29 is 27.9 Å². The van der Waals surface area contributed by atoms with Gasteiger partial charge in [0.1, 0.15) is 6.04 Å². The van der Waals surface area contributed by atoms with Crippen LogP contribution in [0.15, 0.2) is 0 Å². The molecule has 0 saturated heterocycles. The van der Waals surface area contributed by atoms with Crippen LogP contribution in [-0.2, 0) is 11.0 Å². The monoisotopic (exact) mass is 308 g/mol. The molecule has 1 aromatic heterocycles. The average molecular weight is 308 g/mol. The molecule has 1 unspecified atom stereocenters. The third kappa shape index (κ3) is 3.92. The second-order valence-corrected chi connectivity index (χ2v) is 5.45. The van der Waals surface area contributed by atoms with Crippen molar-refractivity contribution in [3.05, 3.63) is 11.4 Å². The molecule has 118 valence electrons. The number of nitrogens with zero attached hydrogens (tertiary/aromatic N) is 3. The molecule has 1 amide bonds. The van der Waals surface area contributed by atoms with E-state index in [4.69, 9.17) is 5.11 Å². The Hall–Kier alpha value is -2.13. The Morgan fingerprint density at radius 3 is 2.19 bits per heavy atom. The van der Waals surface area contributed by atoms with Crippen LogP contribution in [-0.4, -0.2) is 37.5 Å². The smallest absolute Gasteiger partial charge is 0.435 e. The lowest BCUT2D eigenvalue weighted by atomic mass is 10.1. The van der Waals surface area contributed by atoms with Gasteiger partial charge in [0.2, 0.25) is 11.6 Å². The van der Waals surface area contributed by atoms with E-state index < -0.39 is 41.0 Å². The van der Waals surface area contributed by atoms with Crippen LogP contribution in [0.3, 0.4) is 0 Å². The molecule has 21 heavy (non-hydrogen) atoms. The Bertz CT molecular complexity index is 560. The van der Waals surface area contributed by atoms with Gasteiger partial charge in [-0.15, -0.1) is 5.10 Å². The highest BCUT2D eigenvalue weighted by Gasteiger charge is 2.43. The molecule has 0 aliphatic heterocycles. The Morgan fingerprint density at radius 2 is 1.81 bits per heavy atom. The molecule has 0 saturated carbocycles. The van der Waals surface area contributed by atoms with Crippen molar-refractivity contribution in [2.45, 2.75) is 45.5 Å². The highest BCUT2D eigenvalue weighted by atomic mass is 19.4. The van der Waals surface area contributed by atoms with Gasteiger partial charge in [0.05, 0.1) is 0 Å². The number of hydrogen-bond acceptors (Lipinski definition) is 4. The molecular formula is C11H15F3N4O3. The van der Waals surface area contributed by atoms with Crippen molar-refractivity contribution in [3.63, 3.8) is 0 Å². The van der Waals surface area contributed by atoms with E-state index in [0.29, 0.717) is 0 Å². The molecule has 1 aromatic rings. The van der Waals surface area contributed by atoms with Crippen molar-refractivity contribution in [1.82, 2.24) is 20.3 Å². The summed E-state index contributed by atoms with van der Waals surface area (Å²) in [7, 11) is 0. The predicted molar refractivity (Wildman–Crippen MR) is 64.6 cm³/mol. The molecule has 0 radical (unpaired) electrons. The summed E-state index contributed by atoms with van der Waals surface area (Å²) < 4.78 is 39.2. The first kappa shape index (κ1) is 16.9. The maximum Gasteiger partial charge on any atom is 0.435 e. The van der Waals surface area contributed by atoms with Gasteiger partial charge in [-0.25, -0.2) is 9.48 Å². The lowest BCUT2D eigenvalue weighted by Gasteiger charge is -2.24. The molecule has 1 heterocycles. The molecule has 0 spiro atoms. The number of aromatic nitrogens is 3. The number of carbonyl (C=O) groups excluding carboxylic acids is 1. The van der Waals surface area contributed by atoms with Crippen molar-refractivity contribution in [2.75, 3.05) is 0 Å². The van der Waals surface area contributed by atoms with E-state index in [2.05, 4.69) is 15.6 Å². The molecule has 1 rings (SSSR count). The minimum atomic E-state index is -4.99. The highest BCUT2D eigenvalue weighted by Crippen LogP contribution is 2.32. The quantitative estimate of drug-likeness (QED) is 0.881. The first-order chi connectivity index (χ1) is 9.34. The van der Waals surface area contributed by atoms with Gasteiger partial charge in [0, 0.05) is 5.54 Å². The number of carbonyl (C=O) groups is 2. The number of nitrogens with one attached hydrogen (secondary N) is 1. The summed E-state index contributed by atoms with van der Waals surface area (Å²) in [5.41, 5.74) is -3.45. The molecule has 1 atom stereocenters. The van der Waals surface area contributed by atoms with Crippen LogP contribution in [0, 0.1) is 0 Å². The zero-order valence-corrected chi connectivity index (χ0v) is 11.8. The zero-order chi connectivity index (χ0) is 16.6. The van der Waals surface area contributed by atoms with E-state index in [9.17, 15) is 22.8 Å². The molecule has 10 heteroatoms. The Kier molecular flexibility index (Phi) is 4.30. The van der Waals surface area contributed by atoms with Crippen LogP contribution in [0.25, 0.3) is 0 Å². The second-order valence-electron chi connectivity index (χ2n) is 5.45. The van der Waals surface area contributed by atoms with Crippen LogP contribution in [0.5, 0.6) is 0 Å². The van der Waals surface area contributed by atoms with Gasteiger partial charge in [-0.05, 0) is 27.7 Å². The predicted octanol–water partition coefficient (Wildman–Crippen LogP) is 1.47. The lowest BCUT2D eigenvalue weighted by Crippen LogP contribution is -2.44. The first-order valence-electron chi connectivity index (χ1n) is 5.92. The summed E-state index contributed by atoms with van der Waals surface area (Å²) in [6, 6.07) is -1.36. The SMILES string of the molecule is CC(C(=O)NC(C)(C)C)n1nnc(C(=O)O)c1C(F)(F)F. The summed E-state index contributed by atoms with van der Waals surface area (Å²) in [6.45, 7) is 6.15.